The Bertz CT molecular complexity index is 308. The van der Waals surface area contributed by atoms with Gasteiger partial charge in [0, 0.05) is 0 Å². The van der Waals surface area contributed by atoms with Gasteiger partial charge >= 0.3 is 0 Å². The van der Waals surface area contributed by atoms with Gasteiger partial charge in [-0.05, 0) is 26.0 Å². The van der Waals surface area contributed by atoms with Gasteiger partial charge in [-0.3, -0.25) is 0 Å². The molecule has 0 spiro atoms. The topological polar surface area (TPSA) is 27.7 Å². The Hall–Kier alpha value is -1.06. The van der Waals surface area contributed by atoms with Crippen molar-refractivity contribution in [1.82, 2.24) is 0 Å². The quantitative estimate of drug-likeness (QED) is 0.762. The Kier molecular flexibility index (Phi) is 2.93. The molecule has 82 valence electrons. The Morgan fingerprint density at radius 3 is 2.67 bits per heavy atom. The molecule has 1 aliphatic rings. The molecule has 1 saturated heterocycles. The van der Waals surface area contributed by atoms with Gasteiger partial charge in [0.15, 0.2) is 5.79 Å². The molecule has 0 bridgehead atoms. The van der Waals surface area contributed by atoms with Crippen LogP contribution in [0.3, 0.4) is 0 Å². The molecule has 0 unspecified atom stereocenters. The van der Waals surface area contributed by atoms with E-state index < -0.39 is 5.79 Å². The molecule has 0 saturated carbocycles. The van der Waals surface area contributed by atoms with Crippen molar-refractivity contribution in [2.45, 2.75) is 25.7 Å². The van der Waals surface area contributed by atoms with Gasteiger partial charge in [0.05, 0.1) is 6.61 Å². The van der Waals surface area contributed by atoms with Crippen LogP contribution < -0.4 is 4.74 Å². The van der Waals surface area contributed by atoms with Gasteiger partial charge in [0.1, 0.15) is 18.5 Å². The first kappa shape index (κ1) is 10.5. The summed E-state index contributed by atoms with van der Waals surface area (Å²) in [6.07, 6.45) is 0.0280. The molecule has 15 heavy (non-hydrogen) atoms. The van der Waals surface area contributed by atoms with Crippen LogP contribution in [0, 0.1) is 0 Å². The molecule has 1 aromatic carbocycles. The molecule has 0 N–H and O–H groups in total. The zero-order valence-electron chi connectivity index (χ0n) is 9.10. The van der Waals surface area contributed by atoms with E-state index >= 15 is 0 Å². The maximum atomic E-state index is 5.62. The first-order valence-corrected chi connectivity index (χ1v) is 5.15. The lowest BCUT2D eigenvalue weighted by Crippen LogP contribution is -2.25. The summed E-state index contributed by atoms with van der Waals surface area (Å²) in [5.41, 5.74) is 0. The van der Waals surface area contributed by atoms with Gasteiger partial charge < -0.3 is 14.2 Å². The van der Waals surface area contributed by atoms with E-state index in [0.29, 0.717) is 13.2 Å². The van der Waals surface area contributed by atoms with E-state index in [9.17, 15) is 0 Å². The predicted octanol–water partition coefficient (Wildman–Crippen LogP) is 2.22. The average Bonchev–Trinajstić information content (AvgIpc) is 2.57. The summed E-state index contributed by atoms with van der Waals surface area (Å²) in [6, 6.07) is 9.73. The molecule has 0 aliphatic carbocycles. The van der Waals surface area contributed by atoms with Crippen LogP contribution in [0.15, 0.2) is 30.3 Å². The molecule has 2 rings (SSSR count). The highest BCUT2D eigenvalue weighted by Gasteiger charge is 2.32. The van der Waals surface area contributed by atoms with E-state index in [2.05, 4.69) is 0 Å². The second-order valence-electron chi connectivity index (χ2n) is 4.07. The fourth-order valence-corrected chi connectivity index (χ4v) is 1.55. The minimum atomic E-state index is -0.468. The van der Waals surface area contributed by atoms with Crippen LogP contribution in [-0.2, 0) is 9.47 Å². The molecule has 1 aliphatic heterocycles. The number of hydrogen-bond donors (Lipinski definition) is 0. The summed E-state index contributed by atoms with van der Waals surface area (Å²) in [4.78, 5) is 0. The molecule has 0 amide bonds. The van der Waals surface area contributed by atoms with Gasteiger partial charge in [-0.1, -0.05) is 18.2 Å². The molecule has 1 fully saturated rings. The molecule has 0 radical (unpaired) electrons. The average molecular weight is 208 g/mol. The Labute approximate surface area is 90.0 Å². The number of para-hydroxylation sites is 1. The van der Waals surface area contributed by atoms with Crippen LogP contribution in [0.2, 0.25) is 0 Å². The Morgan fingerprint density at radius 2 is 2.07 bits per heavy atom. The van der Waals surface area contributed by atoms with Crippen molar-refractivity contribution in [3.05, 3.63) is 30.3 Å². The Morgan fingerprint density at radius 1 is 1.33 bits per heavy atom. The van der Waals surface area contributed by atoms with Crippen molar-refractivity contribution >= 4 is 0 Å². The summed E-state index contributed by atoms with van der Waals surface area (Å²) in [5, 5.41) is 0. The summed E-state index contributed by atoms with van der Waals surface area (Å²) in [7, 11) is 0. The maximum Gasteiger partial charge on any atom is 0.163 e. The van der Waals surface area contributed by atoms with Crippen LogP contribution in [0.4, 0.5) is 0 Å². The van der Waals surface area contributed by atoms with E-state index in [1.807, 2.05) is 44.2 Å². The maximum absolute atomic E-state index is 5.62. The van der Waals surface area contributed by atoms with E-state index in [1.165, 1.54) is 0 Å². The lowest BCUT2D eigenvalue weighted by atomic mass is 10.3. The van der Waals surface area contributed by atoms with Gasteiger partial charge in [-0.2, -0.15) is 0 Å². The molecule has 0 aromatic heterocycles. The highest BCUT2D eigenvalue weighted by Crippen LogP contribution is 2.22. The van der Waals surface area contributed by atoms with Gasteiger partial charge in [-0.15, -0.1) is 0 Å². The lowest BCUT2D eigenvalue weighted by Gasteiger charge is -2.17. The van der Waals surface area contributed by atoms with E-state index in [-0.39, 0.29) is 6.10 Å². The van der Waals surface area contributed by atoms with E-state index in [1.54, 1.807) is 0 Å². The monoisotopic (exact) mass is 208 g/mol. The fourth-order valence-electron chi connectivity index (χ4n) is 1.55. The minimum Gasteiger partial charge on any atom is -0.491 e. The predicted molar refractivity (Wildman–Crippen MR) is 56.8 cm³/mol. The minimum absolute atomic E-state index is 0.0280. The largest absolute Gasteiger partial charge is 0.491 e. The number of benzene rings is 1. The Balaban J connectivity index is 1.80. The third-order valence-corrected chi connectivity index (χ3v) is 2.25. The lowest BCUT2D eigenvalue weighted by molar-refractivity contribution is -0.141. The van der Waals surface area contributed by atoms with Crippen LogP contribution in [-0.4, -0.2) is 25.1 Å². The van der Waals surface area contributed by atoms with Crippen LogP contribution >= 0.6 is 0 Å². The van der Waals surface area contributed by atoms with Gasteiger partial charge in [0.2, 0.25) is 0 Å². The van der Waals surface area contributed by atoms with Crippen molar-refractivity contribution in [1.29, 1.82) is 0 Å². The first-order valence-electron chi connectivity index (χ1n) is 5.15. The third kappa shape index (κ3) is 2.94. The smallest absolute Gasteiger partial charge is 0.163 e. The number of rotatable bonds is 3. The molecular formula is C12H16O3. The summed E-state index contributed by atoms with van der Waals surface area (Å²) >= 11 is 0. The van der Waals surface area contributed by atoms with Crippen molar-refractivity contribution < 1.29 is 14.2 Å². The number of ether oxygens (including phenoxy) is 3. The van der Waals surface area contributed by atoms with E-state index in [0.717, 1.165) is 5.75 Å². The second kappa shape index (κ2) is 4.21. The van der Waals surface area contributed by atoms with Crippen molar-refractivity contribution in [3.8, 4) is 5.75 Å². The van der Waals surface area contributed by atoms with Crippen molar-refractivity contribution in [2.24, 2.45) is 0 Å². The highest BCUT2D eigenvalue weighted by molar-refractivity contribution is 5.20. The molecule has 3 heteroatoms. The third-order valence-electron chi connectivity index (χ3n) is 2.25. The second-order valence-corrected chi connectivity index (χ2v) is 4.07. The van der Waals surface area contributed by atoms with Crippen molar-refractivity contribution in [3.63, 3.8) is 0 Å². The summed E-state index contributed by atoms with van der Waals surface area (Å²) < 4.78 is 16.6. The zero-order chi connectivity index (χ0) is 10.7. The van der Waals surface area contributed by atoms with Crippen molar-refractivity contribution in [2.75, 3.05) is 13.2 Å². The molecule has 1 heterocycles. The molecule has 3 nitrogen and oxygen atoms in total. The summed E-state index contributed by atoms with van der Waals surface area (Å²) in [5.74, 6) is 0.399. The summed E-state index contributed by atoms with van der Waals surface area (Å²) in [6.45, 7) is 4.96. The van der Waals surface area contributed by atoms with E-state index in [4.69, 9.17) is 14.2 Å². The van der Waals surface area contributed by atoms with Crippen LogP contribution in [0.25, 0.3) is 0 Å². The van der Waals surface area contributed by atoms with Gasteiger partial charge in [0.25, 0.3) is 0 Å². The zero-order valence-corrected chi connectivity index (χ0v) is 9.10. The highest BCUT2D eigenvalue weighted by atomic mass is 16.7. The number of hydrogen-bond acceptors (Lipinski definition) is 3. The molecule has 1 atom stereocenters. The standard InChI is InChI=1S/C12H16O3/c1-12(2)14-9-11(15-12)8-13-10-6-4-3-5-7-10/h3-7,11H,8-9H2,1-2H3/t11-/m0/s1. The normalized spacial score (nSPS) is 24.0. The van der Waals surface area contributed by atoms with Crippen LogP contribution in [0.5, 0.6) is 5.75 Å². The SMILES string of the molecule is CC1(C)OC[C@H](COc2ccccc2)O1. The first-order chi connectivity index (χ1) is 7.16. The molecule has 1 aromatic rings. The van der Waals surface area contributed by atoms with Gasteiger partial charge in [-0.25, -0.2) is 0 Å². The van der Waals surface area contributed by atoms with Crippen LogP contribution in [0.1, 0.15) is 13.8 Å². The fraction of sp³-hybridized carbons (Fsp3) is 0.500. The molecular weight excluding hydrogens is 192 g/mol.